The van der Waals surface area contributed by atoms with Gasteiger partial charge in [0, 0.05) is 1.43 Å². The fourth-order valence-corrected chi connectivity index (χ4v) is 1.26. The average molecular weight is 239 g/mol. The number of hydrogen-bond donors (Lipinski definition) is 1. The number of carbonyl (C=O) groups is 1. The van der Waals surface area contributed by atoms with Crippen molar-refractivity contribution in [1.82, 2.24) is 0 Å². The summed E-state index contributed by atoms with van der Waals surface area (Å²) in [6.45, 7) is 6.40. The molecule has 1 aromatic rings. The molecule has 2 N–H and O–H groups in total. The highest BCUT2D eigenvalue weighted by Crippen LogP contribution is 2.02. The van der Waals surface area contributed by atoms with Crippen LogP contribution in [0.3, 0.4) is 0 Å². The normalized spacial score (nSPS) is 11.1. The molecule has 0 heterocycles. The zero-order valence-corrected chi connectivity index (χ0v) is 11.0. The molecule has 0 aliphatic carbocycles. The Balaban J connectivity index is 0. The molecule has 1 aromatic carbocycles. The lowest BCUT2D eigenvalue weighted by atomic mass is 10.1. The standard InChI is InChI=1S/C12H17NO2.C2H6.H2/c1-2-8-15-12(14)11(13)9-10-6-4-3-5-7-10;1-2;/h3-7,11H,2,8-9,13H2,1H3;1-2H3;1H/t11-;;/m0../s1. The van der Waals surface area contributed by atoms with Gasteiger partial charge in [-0.25, -0.2) is 0 Å². The maximum Gasteiger partial charge on any atom is 0.323 e. The van der Waals surface area contributed by atoms with Crippen LogP contribution in [-0.4, -0.2) is 18.6 Å². The molecule has 0 aliphatic rings. The SMILES string of the molecule is CC.CCCOC(=O)[C@@H](N)Cc1ccccc1.[HH]. The predicted molar refractivity (Wildman–Crippen MR) is 72.8 cm³/mol. The second-order valence-electron chi connectivity index (χ2n) is 3.46. The zero-order chi connectivity index (χ0) is 13.1. The number of hydrogen-bond acceptors (Lipinski definition) is 3. The van der Waals surface area contributed by atoms with E-state index in [1.807, 2.05) is 51.1 Å². The molecule has 0 saturated carbocycles. The van der Waals surface area contributed by atoms with Crippen molar-refractivity contribution < 1.29 is 11.0 Å². The van der Waals surface area contributed by atoms with Crippen molar-refractivity contribution in [3.8, 4) is 0 Å². The minimum atomic E-state index is -0.557. The van der Waals surface area contributed by atoms with Gasteiger partial charge in [-0.1, -0.05) is 51.1 Å². The average Bonchev–Trinajstić information content (AvgIpc) is 2.39. The van der Waals surface area contributed by atoms with Crippen LogP contribution >= 0.6 is 0 Å². The second-order valence-corrected chi connectivity index (χ2v) is 3.46. The van der Waals surface area contributed by atoms with Gasteiger partial charge >= 0.3 is 5.97 Å². The van der Waals surface area contributed by atoms with Crippen LogP contribution in [0.25, 0.3) is 0 Å². The minimum absolute atomic E-state index is 0. The Morgan fingerprint density at radius 3 is 2.47 bits per heavy atom. The lowest BCUT2D eigenvalue weighted by Crippen LogP contribution is -2.34. The van der Waals surface area contributed by atoms with E-state index in [4.69, 9.17) is 10.5 Å². The summed E-state index contributed by atoms with van der Waals surface area (Å²) in [7, 11) is 0. The van der Waals surface area contributed by atoms with Crippen LogP contribution in [0.15, 0.2) is 30.3 Å². The molecule has 1 rings (SSSR count). The largest absolute Gasteiger partial charge is 0.465 e. The Labute approximate surface area is 105 Å². The maximum absolute atomic E-state index is 11.4. The highest BCUT2D eigenvalue weighted by Gasteiger charge is 2.14. The molecule has 0 saturated heterocycles. The van der Waals surface area contributed by atoms with Crippen molar-refractivity contribution in [3.05, 3.63) is 35.9 Å². The fourth-order valence-electron chi connectivity index (χ4n) is 1.26. The lowest BCUT2D eigenvalue weighted by molar-refractivity contribution is -0.145. The number of esters is 1. The van der Waals surface area contributed by atoms with Crippen molar-refractivity contribution >= 4 is 5.97 Å². The molecule has 3 heteroatoms. The number of ether oxygens (including phenoxy) is 1. The first-order valence-corrected chi connectivity index (χ1v) is 6.20. The summed E-state index contributed by atoms with van der Waals surface area (Å²) in [6.07, 6.45) is 1.35. The van der Waals surface area contributed by atoms with Crippen molar-refractivity contribution in [1.29, 1.82) is 0 Å². The Morgan fingerprint density at radius 2 is 1.94 bits per heavy atom. The van der Waals surface area contributed by atoms with Gasteiger partial charge in [0.1, 0.15) is 6.04 Å². The summed E-state index contributed by atoms with van der Waals surface area (Å²) in [5.41, 5.74) is 6.77. The Hall–Kier alpha value is -1.35. The second kappa shape index (κ2) is 9.85. The molecule has 0 amide bonds. The summed E-state index contributed by atoms with van der Waals surface area (Å²) in [6, 6.07) is 9.14. The molecular weight excluding hydrogens is 214 g/mol. The number of nitrogens with two attached hydrogens (primary N) is 1. The van der Waals surface area contributed by atoms with Crippen LogP contribution in [-0.2, 0) is 16.0 Å². The Kier molecular flexibility index (Phi) is 9.06. The molecule has 1 atom stereocenters. The first kappa shape index (κ1) is 15.7. The molecule has 0 aromatic heterocycles. The zero-order valence-electron chi connectivity index (χ0n) is 11.0. The van der Waals surface area contributed by atoms with E-state index in [0.717, 1.165) is 12.0 Å². The summed E-state index contributed by atoms with van der Waals surface area (Å²) in [5, 5.41) is 0. The van der Waals surface area contributed by atoms with Gasteiger partial charge in [0.2, 0.25) is 0 Å². The molecule has 0 unspecified atom stereocenters. The van der Waals surface area contributed by atoms with Crippen LogP contribution in [0, 0.1) is 0 Å². The molecule has 3 nitrogen and oxygen atoms in total. The van der Waals surface area contributed by atoms with Gasteiger partial charge in [-0.2, -0.15) is 0 Å². The van der Waals surface area contributed by atoms with Gasteiger partial charge in [0.05, 0.1) is 6.61 Å². The molecule has 0 radical (unpaired) electrons. The van der Waals surface area contributed by atoms with Crippen molar-refractivity contribution in [2.75, 3.05) is 6.61 Å². The van der Waals surface area contributed by atoms with Crippen molar-refractivity contribution in [2.24, 2.45) is 5.73 Å². The third-order valence-corrected chi connectivity index (χ3v) is 2.05. The number of benzene rings is 1. The summed E-state index contributed by atoms with van der Waals surface area (Å²) in [5.74, 6) is -0.319. The highest BCUT2D eigenvalue weighted by molar-refractivity contribution is 5.75. The molecule has 17 heavy (non-hydrogen) atoms. The minimum Gasteiger partial charge on any atom is -0.465 e. The predicted octanol–water partition coefficient (Wildman–Crippen LogP) is 2.78. The highest BCUT2D eigenvalue weighted by atomic mass is 16.5. The topological polar surface area (TPSA) is 52.3 Å². The third-order valence-electron chi connectivity index (χ3n) is 2.05. The van der Waals surface area contributed by atoms with Gasteiger partial charge in [0.25, 0.3) is 0 Å². The van der Waals surface area contributed by atoms with E-state index < -0.39 is 6.04 Å². The van der Waals surface area contributed by atoms with Crippen molar-refractivity contribution in [3.63, 3.8) is 0 Å². The Morgan fingerprint density at radius 1 is 1.35 bits per heavy atom. The number of rotatable bonds is 5. The monoisotopic (exact) mass is 239 g/mol. The quantitative estimate of drug-likeness (QED) is 0.804. The summed E-state index contributed by atoms with van der Waals surface area (Å²) >= 11 is 0. The Bertz CT molecular complexity index is 304. The van der Waals surface area contributed by atoms with E-state index in [0.29, 0.717) is 13.0 Å². The van der Waals surface area contributed by atoms with Crippen LogP contribution in [0.5, 0.6) is 0 Å². The van der Waals surface area contributed by atoms with Gasteiger partial charge in [-0.3, -0.25) is 4.79 Å². The van der Waals surface area contributed by atoms with E-state index in [2.05, 4.69) is 0 Å². The van der Waals surface area contributed by atoms with Gasteiger partial charge < -0.3 is 10.5 Å². The van der Waals surface area contributed by atoms with Gasteiger partial charge in [0.15, 0.2) is 0 Å². The van der Waals surface area contributed by atoms with Gasteiger partial charge in [-0.15, -0.1) is 0 Å². The molecule has 98 valence electrons. The first-order valence-electron chi connectivity index (χ1n) is 6.20. The van der Waals surface area contributed by atoms with Crippen LogP contribution < -0.4 is 5.73 Å². The van der Waals surface area contributed by atoms with E-state index in [9.17, 15) is 4.79 Å². The van der Waals surface area contributed by atoms with Crippen molar-refractivity contribution in [2.45, 2.75) is 39.7 Å². The molecule has 0 spiro atoms. The fraction of sp³-hybridized carbons (Fsp3) is 0.500. The van der Waals surface area contributed by atoms with Gasteiger partial charge in [-0.05, 0) is 18.4 Å². The molecular formula is C14H25NO2. The van der Waals surface area contributed by atoms with E-state index >= 15 is 0 Å². The van der Waals surface area contributed by atoms with Crippen LogP contribution in [0.4, 0.5) is 0 Å². The van der Waals surface area contributed by atoms with Crippen LogP contribution in [0.2, 0.25) is 0 Å². The van der Waals surface area contributed by atoms with E-state index in [-0.39, 0.29) is 7.40 Å². The molecule has 0 fully saturated rings. The first-order chi connectivity index (χ1) is 8.24. The smallest absolute Gasteiger partial charge is 0.323 e. The molecule has 0 aliphatic heterocycles. The maximum atomic E-state index is 11.4. The third kappa shape index (κ3) is 6.74. The van der Waals surface area contributed by atoms with E-state index in [1.165, 1.54) is 0 Å². The molecule has 0 bridgehead atoms. The lowest BCUT2D eigenvalue weighted by Gasteiger charge is -2.10. The number of carbonyl (C=O) groups excluding carboxylic acids is 1. The summed E-state index contributed by atoms with van der Waals surface area (Å²) in [4.78, 5) is 11.4. The van der Waals surface area contributed by atoms with Crippen LogP contribution in [0.1, 0.15) is 34.2 Å². The van der Waals surface area contributed by atoms with E-state index in [1.54, 1.807) is 0 Å². The summed E-state index contributed by atoms with van der Waals surface area (Å²) < 4.78 is 4.96.